The van der Waals surface area contributed by atoms with Crippen molar-refractivity contribution in [1.29, 1.82) is 0 Å². The maximum absolute atomic E-state index is 12.9. The van der Waals surface area contributed by atoms with Gasteiger partial charge in [-0.2, -0.15) is 10.2 Å². The number of rotatable bonds is 3. The van der Waals surface area contributed by atoms with E-state index in [1.807, 2.05) is 19.9 Å². The van der Waals surface area contributed by atoms with Gasteiger partial charge in [-0.3, -0.25) is 4.79 Å². The van der Waals surface area contributed by atoms with Crippen molar-refractivity contribution in [1.82, 2.24) is 19.6 Å². The van der Waals surface area contributed by atoms with Gasteiger partial charge in [-0.1, -0.05) is 13.0 Å². The van der Waals surface area contributed by atoms with Gasteiger partial charge < -0.3 is 0 Å². The molecular formula is C18H22N4O. The lowest BCUT2D eigenvalue weighted by Crippen LogP contribution is -2.28. The van der Waals surface area contributed by atoms with Crippen molar-refractivity contribution >= 4 is 10.9 Å². The van der Waals surface area contributed by atoms with E-state index < -0.39 is 0 Å². The Morgan fingerprint density at radius 1 is 1.17 bits per heavy atom. The van der Waals surface area contributed by atoms with Crippen LogP contribution in [0.5, 0.6) is 0 Å². The third kappa shape index (κ3) is 2.46. The predicted molar refractivity (Wildman–Crippen MR) is 92.3 cm³/mol. The predicted octanol–water partition coefficient (Wildman–Crippen LogP) is 3.48. The Morgan fingerprint density at radius 2 is 1.91 bits per heavy atom. The van der Waals surface area contributed by atoms with Gasteiger partial charge >= 0.3 is 0 Å². The molecule has 0 fully saturated rings. The van der Waals surface area contributed by atoms with Gasteiger partial charge in [0.25, 0.3) is 5.56 Å². The van der Waals surface area contributed by atoms with E-state index in [1.165, 1.54) is 11.1 Å². The molecule has 1 aromatic carbocycles. The maximum Gasteiger partial charge on any atom is 0.293 e. The quantitative estimate of drug-likeness (QED) is 0.744. The third-order valence-electron chi connectivity index (χ3n) is 4.57. The summed E-state index contributed by atoms with van der Waals surface area (Å²) in [6, 6.07) is 6.18. The van der Waals surface area contributed by atoms with Gasteiger partial charge in [0.15, 0.2) is 0 Å². The Labute approximate surface area is 135 Å². The molecule has 0 saturated carbocycles. The van der Waals surface area contributed by atoms with Gasteiger partial charge in [-0.05, 0) is 57.4 Å². The smallest absolute Gasteiger partial charge is 0.265 e. The van der Waals surface area contributed by atoms with E-state index in [0.717, 1.165) is 23.2 Å². The van der Waals surface area contributed by atoms with Crippen LogP contribution >= 0.6 is 0 Å². The van der Waals surface area contributed by atoms with Crippen molar-refractivity contribution in [2.45, 2.75) is 47.1 Å². The molecule has 0 saturated heterocycles. The second-order valence-corrected chi connectivity index (χ2v) is 6.18. The van der Waals surface area contributed by atoms with Crippen LogP contribution < -0.4 is 5.56 Å². The first-order chi connectivity index (χ1) is 10.9. The van der Waals surface area contributed by atoms with Crippen molar-refractivity contribution in [2.24, 2.45) is 0 Å². The molecule has 23 heavy (non-hydrogen) atoms. The van der Waals surface area contributed by atoms with Crippen molar-refractivity contribution in [3.05, 3.63) is 51.6 Å². The van der Waals surface area contributed by atoms with Crippen LogP contribution in [0.25, 0.3) is 16.6 Å². The summed E-state index contributed by atoms with van der Waals surface area (Å²) < 4.78 is 3.31. The number of fused-ring (bicyclic) bond motifs is 1. The fourth-order valence-corrected chi connectivity index (χ4v) is 2.71. The van der Waals surface area contributed by atoms with E-state index in [4.69, 9.17) is 0 Å². The Kier molecular flexibility index (Phi) is 3.80. The fourth-order valence-electron chi connectivity index (χ4n) is 2.71. The zero-order valence-electron chi connectivity index (χ0n) is 14.3. The summed E-state index contributed by atoms with van der Waals surface area (Å²) in [5.74, 6) is 0. The Bertz CT molecular complexity index is 936. The second-order valence-electron chi connectivity index (χ2n) is 6.18. The first-order valence-electron chi connectivity index (χ1n) is 7.98. The van der Waals surface area contributed by atoms with Crippen molar-refractivity contribution in [2.75, 3.05) is 0 Å². The minimum absolute atomic E-state index is 0.0636. The molecule has 0 aliphatic rings. The normalized spacial score (nSPS) is 12.7. The molecule has 2 heterocycles. The molecule has 120 valence electrons. The topological polar surface area (TPSA) is 52.7 Å². The summed E-state index contributed by atoms with van der Waals surface area (Å²) in [5.41, 5.74) is 4.65. The molecule has 2 aromatic heterocycles. The number of nitrogens with zero attached hydrogens (tertiary/aromatic N) is 4. The van der Waals surface area contributed by atoms with Gasteiger partial charge in [0.2, 0.25) is 0 Å². The fraction of sp³-hybridized carbons (Fsp3) is 0.389. The molecule has 0 radical (unpaired) electrons. The first-order valence-corrected chi connectivity index (χ1v) is 7.98. The zero-order chi connectivity index (χ0) is 16.7. The molecule has 5 heteroatoms. The third-order valence-corrected chi connectivity index (χ3v) is 4.57. The number of aromatic nitrogens is 4. The highest BCUT2D eigenvalue weighted by Crippen LogP contribution is 2.20. The van der Waals surface area contributed by atoms with Gasteiger partial charge in [0, 0.05) is 5.39 Å². The SMILES string of the molecule is CCC(C)n1nc(C)c2cnn(-c3ccc(C)c(C)c3)c2c1=O. The first kappa shape index (κ1) is 15.5. The summed E-state index contributed by atoms with van der Waals surface area (Å²) in [6.45, 7) is 10.1. The summed E-state index contributed by atoms with van der Waals surface area (Å²) >= 11 is 0. The molecule has 0 N–H and O–H groups in total. The molecule has 1 unspecified atom stereocenters. The summed E-state index contributed by atoms with van der Waals surface area (Å²) in [4.78, 5) is 12.9. The van der Waals surface area contributed by atoms with E-state index in [-0.39, 0.29) is 11.6 Å². The van der Waals surface area contributed by atoms with Crippen LogP contribution in [0.3, 0.4) is 0 Å². The highest BCUT2D eigenvalue weighted by molar-refractivity contribution is 5.81. The van der Waals surface area contributed by atoms with Crippen LogP contribution in [0.1, 0.15) is 43.1 Å². The number of aryl methyl sites for hydroxylation is 3. The lowest BCUT2D eigenvalue weighted by Gasteiger charge is -2.13. The molecule has 0 aliphatic carbocycles. The van der Waals surface area contributed by atoms with Crippen LogP contribution in [0, 0.1) is 20.8 Å². The molecule has 0 spiro atoms. The Hall–Kier alpha value is -2.43. The van der Waals surface area contributed by atoms with Crippen LogP contribution in [0.4, 0.5) is 0 Å². The monoisotopic (exact) mass is 310 g/mol. The van der Waals surface area contributed by atoms with E-state index in [9.17, 15) is 4.79 Å². The minimum Gasteiger partial charge on any atom is -0.265 e. The minimum atomic E-state index is -0.0873. The van der Waals surface area contributed by atoms with E-state index in [2.05, 4.69) is 43.1 Å². The summed E-state index contributed by atoms with van der Waals surface area (Å²) in [7, 11) is 0. The number of hydrogen-bond donors (Lipinski definition) is 0. The Morgan fingerprint density at radius 3 is 2.57 bits per heavy atom. The maximum atomic E-state index is 12.9. The zero-order valence-corrected chi connectivity index (χ0v) is 14.3. The van der Waals surface area contributed by atoms with Crippen LogP contribution in [0.15, 0.2) is 29.2 Å². The van der Waals surface area contributed by atoms with Crippen LogP contribution in [-0.4, -0.2) is 19.6 Å². The molecule has 0 amide bonds. The lowest BCUT2D eigenvalue weighted by atomic mass is 10.1. The summed E-state index contributed by atoms with van der Waals surface area (Å²) in [6.07, 6.45) is 2.59. The highest BCUT2D eigenvalue weighted by Gasteiger charge is 2.17. The molecular weight excluding hydrogens is 288 g/mol. The van der Waals surface area contributed by atoms with Crippen molar-refractivity contribution < 1.29 is 0 Å². The molecule has 5 nitrogen and oxygen atoms in total. The van der Waals surface area contributed by atoms with Gasteiger partial charge in [-0.15, -0.1) is 0 Å². The molecule has 1 atom stereocenters. The lowest BCUT2D eigenvalue weighted by molar-refractivity contribution is 0.453. The van der Waals surface area contributed by atoms with Crippen LogP contribution in [-0.2, 0) is 0 Å². The van der Waals surface area contributed by atoms with Gasteiger partial charge in [-0.25, -0.2) is 9.36 Å². The molecule has 3 aromatic rings. The highest BCUT2D eigenvalue weighted by atomic mass is 16.1. The molecule has 3 rings (SSSR count). The van der Waals surface area contributed by atoms with Gasteiger partial charge in [0.05, 0.1) is 23.6 Å². The average molecular weight is 310 g/mol. The van der Waals surface area contributed by atoms with E-state index in [1.54, 1.807) is 15.6 Å². The molecule has 0 aliphatic heterocycles. The largest absolute Gasteiger partial charge is 0.293 e. The van der Waals surface area contributed by atoms with Crippen molar-refractivity contribution in [3.8, 4) is 5.69 Å². The van der Waals surface area contributed by atoms with E-state index >= 15 is 0 Å². The second kappa shape index (κ2) is 5.65. The van der Waals surface area contributed by atoms with E-state index in [0.29, 0.717) is 5.52 Å². The molecule has 0 bridgehead atoms. The summed E-state index contributed by atoms with van der Waals surface area (Å²) in [5, 5.41) is 9.72. The van der Waals surface area contributed by atoms with Crippen molar-refractivity contribution in [3.63, 3.8) is 0 Å². The Balaban J connectivity index is 2.33. The number of benzene rings is 1. The standard InChI is InChI=1S/C18H22N4O/c1-6-13(4)21-18(23)17-16(14(5)20-21)10-19-22(17)15-8-7-11(2)12(3)9-15/h7-10,13H,6H2,1-5H3. The average Bonchev–Trinajstić information content (AvgIpc) is 2.98. The van der Waals surface area contributed by atoms with Gasteiger partial charge in [0.1, 0.15) is 5.52 Å². The number of hydrogen-bond acceptors (Lipinski definition) is 3. The van der Waals surface area contributed by atoms with Crippen LogP contribution in [0.2, 0.25) is 0 Å².